The molecule has 0 radical (unpaired) electrons. The Bertz CT molecular complexity index is 955. The van der Waals surface area contributed by atoms with Crippen LogP contribution in [0.4, 0.5) is 0 Å². The molecule has 0 bridgehead atoms. The summed E-state index contributed by atoms with van der Waals surface area (Å²) in [6.07, 6.45) is 1.44. The molecule has 0 unspecified atom stereocenters. The van der Waals surface area contributed by atoms with Crippen molar-refractivity contribution in [2.45, 2.75) is 13.5 Å². The molecule has 0 atom stereocenters. The highest BCUT2D eigenvalue weighted by Crippen LogP contribution is 2.09. The van der Waals surface area contributed by atoms with Crippen LogP contribution in [-0.2, 0) is 11.3 Å². The zero-order valence-electron chi connectivity index (χ0n) is 12.3. The number of benzene rings is 1. The number of ketones is 1. The Morgan fingerprint density at radius 3 is 2.78 bits per heavy atom. The number of H-pyrrole nitrogens is 2. The van der Waals surface area contributed by atoms with Crippen molar-refractivity contribution in [2.24, 2.45) is 0 Å². The van der Waals surface area contributed by atoms with Gasteiger partial charge in [0.2, 0.25) is 0 Å². The Morgan fingerprint density at radius 1 is 1.26 bits per heavy atom. The summed E-state index contributed by atoms with van der Waals surface area (Å²) < 4.78 is 5.10. The molecule has 0 amide bonds. The monoisotopic (exact) mass is 311 g/mol. The number of carbonyl (C=O) groups excluding carboxylic acids is 2. The predicted molar refractivity (Wildman–Crippen MR) is 82.3 cm³/mol. The number of hydrogen-bond acceptors (Lipinski definition) is 5. The molecular formula is C16H13N3O4. The van der Waals surface area contributed by atoms with E-state index in [2.05, 4.69) is 15.0 Å². The molecule has 2 aromatic heterocycles. The molecule has 1 aromatic carbocycles. The van der Waals surface area contributed by atoms with Gasteiger partial charge >= 0.3 is 5.97 Å². The van der Waals surface area contributed by atoms with E-state index in [0.717, 1.165) is 0 Å². The number of rotatable bonds is 4. The third kappa shape index (κ3) is 3.03. The van der Waals surface area contributed by atoms with Crippen LogP contribution in [0.15, 0.2) is 41.3 Å². The lowest BCUT2D eigenvalue weighted by Crippen LogP contribution is -2.14. The smallest absolute Gasteiger partial charge is 0.355 e. The SMILES string of the molecule is CC(=O)c1c[nH]c(C(=O)OCc2nc3ccccc3c(=O)[nH]2)c1. The number of Topliss-reactive ketones (excluding diaryl/α,β-unsaturated/α-hetero) is 1. The quantitative estimate of drug-likeness (QED) is 0.565. The molecule has 0 aliphatic rings. The Labute approximate surface area is 130 Å². The number of aromatic amines is 2. The van der Waals surface area contributed by atoms with Gasteiger partial charge in [0.15, 0.2) is 5.78 Å². The number of nitrogens with zero attached hydrogens (tertiary/aromatic N) is 1. The predicted octanol–water partition coefficient (Wildman–Crippen LogP) is 1.81. The minimum Gasteiger partial charge on any atom is -0.453 e. The first-order chi connectivity index (χ1) is 11.0. The first kappa shape index (κ1) is 14.7. The fraction of sp³-hybridized carbons (Fsp3) is 0.125. The van der Waals surface area contributed by atoms with Crippen molar-refractivity contribution in [1.29, 1.82) is 0 Å². The topological polar surface area (TPSA) is 105 Å². The molecule has 2 heterocycles. The number of ether oxygens (including phenoxy) is 1. The fourth-order valence-corrected chi connectivity index (χ4v) is 2.13. The standard InChI is InChI=1S/C16H13N3O4/c1-9(20)10-6-13(17-7-10)16(22)23-8-14-18-12-5-3-2-4-11(12)15(21)19-14/h2-7,17H,8H2,1H3,(H,18,19,21). The van der Waals surface area contributed by atoms with E-state index in [1.165, 1.54) is 19.2 Å². The van der Waals surface area contributed by atoms with Gasteiger partial charge < -0.3 is 14.7 Å². The molecule has 7 heteroatoms. The van der Waals surface area contributed by atoms with Crippen LogP contribution in [0.3, 0.4) is 0 Å². The number of nitrogens with one attached hydrogen (secondary N) is 2. The second kappa shape index (κ2) is 5.88. The van der Waals surface area contributed by atoms with Crippen LogP contribution in [0.1, 0.15) is 33.6 Å². The van der Waals surface area contributed by atoms with Crippen LogP contribution in [-0.4, -0.2) is 26.7 Å². The van der Waals surface area contributed by atoms with Gasteiger partial charge in [-0.05, 0) is 25.1 Å². The first-order valence-electron chi connectivity index (χ1n) is 6.89. The van der Waals surface area contributed by atoms with Crippen molar-refractivity contribution in [3.8, 4) is 0 Å². The molecule has 116 valence electrons. The Balaban J connectivity index is 1.76. The molecule has 0 saturated heterocycles. The number of para-hydroxylation sites is 1. The number of esters is 1. The van der Waals surface area contributed by atoms with Gasteiger partial charge in [-0.2, -0.15) is 0 Å². The van der Waals surface area contributed by atoms with Gasteiger partial charge in [-0.3, -0.25) is 9.59 Å². The average Bonchev–Trinajstić information content (AvgIpc) is 3.03. The highest BCUT2D eigenvalue weighted by atomic mass is 16.5. The molecule has 3 rings (SSSR count). The summed E-state index contributed by atoms with van der Waals surface area (Å²) >= 11 is 0. The highest BCUT2D eigenvalue weighted by Gasteiger charge is 2.13. The second-order valence-corrected chi connectivity index (χ2v) is 4.96. The maximum atomic E-state index is 11.9. The van der Waals surface area contributed by atoms with Gasteiger partial charge in [0, 0.05) is 11.8 Å². The maximum Gasteiger partial charge on any atom is 0.355 e. The van der Waals surface area contributed by atoms with Crippen molar-refractivity contribution < 1.29 is 14.3 Å². The van der Waals surface area contributed by atoms with E-state index in [0.29, 0.717) is 16.5 Å². The summed E-state index contributed by atoms with van der Waals surface area (Å²) in [5, 5.41) is 0.470. The lowest BCUT2D eigenvalue weighted by Gasteiger charge is -2.04. The largest absolute Gasteiger partial charge is 0.453 e. The van der Waals surface area contributed by atoms with Crippen molar-refractivity contribution >= 4 is 22.7 Å². The third-order valence-corrected chi connectivity index (χ3v) is 3.31. The van der Waals surface area contributed by atoms with Gasteiger partial charge in [0.05, 0.1) is 10.9 Å². The average molecular weight is 311 g/mol. The molecule has 0 saturated carbocycles. The summed E-state index contributed by atoms with van der Waals surface area (Å²) in [5.41, 5.74) is 0.800. The molecule has 0 aliphatic carbocycles. The summed E-state index contributed by atoms with van der Waals surface area (Å²) in [7, 11) is 0. The van der Waals surface area contributed by atoms with Gasteiger partial charge in [0.1, 0.15) is 18.1 Å². The van der Waals surface area contributed by atoms with Gasteiger partial charge in [-0.15, -0.1) is 0 Å². The van der Waals surface area contributed by atoms with Crippen LogP contribution < -0.4 is 5.56 Å². The van der Waals surface area contributed by atoms with E-state index in [1.54, 1.807) is 24.3 Å². The molecule has 23 heavy (non-hydrogen) atoms. The zero-order valence-corrected chi connectivity index (χ0v) is 12.3. The second-order valence-electron chi connectivity index (χ2n) is 4.96. The molecule has 0 fully saturated rings. The Hall–Kier alpha value is -3.22. The van der Waals surface area contributed by atoms with E-state index < -0.39 is 5.97 Å². The van der Waals surface area contributed by atoms with Crippen molar-refractivity contribution in [1.82, 2.24) is 15.0 Å². The van der Waals surface area contributed by atoms with Crippen molar-refractivity contribution in [3.63, 3.8) is 0 Å². The Morgan fingerprint density at radius 2 is 2.04 bits per heavy atom. The van der Waals surface area contributed by atoms with Crippen molar-refractivity contribution in [3.05, 3.63) is 64.0 Å². The molecule has 7 nitrogen and oxygen atoms in total. The van der Waals surface area contributed by atoms with Gasteiger partial charge in [-0.25, -0.2) is 9.78 Å². The zero-order chi connectivity index (χ0) is 16.4. The van der Waals surface area contributed by atoms with E-state index in [9.17, 15) is 14.4 Å². The van der Waals surface area contributed by atoms with Crippen LogP contribution in [0.2, 0.25) is 0 Å². The number of fused-ring (bicyclic) bond motifs is 1. The minimum atomic E-state index is -0.631. The minimum absolute atomic E-state index is 0.152. The lowest BCUT2D eigenvalue weighted by atomic mass is 10.2. The lowest BCUT2D eigenvalue weighted by molar-refractivity contribution is 0.0456. The highest BCUT2D eigenvalue weighted by molar-refractivity contribution is 5.97. The molecule has 0 spiro atoms. The van der Waals surface area contributed by atoms with Gasteiger partial charge in [0.25, 0.3) is 5.56 Å². The van der Waals surface area contributed by atoms with Crippen molar-refractivity contribution in [2.75, 3.05) is 0 Å². The fourth-order valence-electron chi connectivity index (χ4n) is 2.13. The summed E-state index contributed by atoms with van der Waals surface area (Å²) in [4.78, 5) is 44.5. The maximum absolute atomic E-state index is 11.9. The van der Waals surface area contributed by atoms with E-state index in [-0.39, 0.29) is 29.5 Å². The number of hydrogen-bond donors (Lipinski definition) is 2. The summed E-state index contributed by atoms with van der Waals surface area (Å²) in [6.45, 7) is 1.23. The summed E-state index contributed by atoms with van der Waals surface area (Å²) in [5.74, 6) is -0.533. The number of aromatic nitrogens is 3. The van der Waals surface area contributed by atoms with E-state index in [1.807, 2.05) is 0 Å². The van der Waals surface area contributed by atoms with Crippen LogP contribution in [0.5, 0.6) is 0 Å². The van der Waals surface area contributed by atoms with Gasteiger partial charge in [-0.1, -0.05) is 12.1 Å². The number of carbonyl (C=O) groups is 2. The molecule has 2 N–H and O–H groups in total. The van der Waals surface area contributed by atoms with Crippen LogP contribution >= 0.6 is 0 Å². The summed E-state index contributed by atoms with van der Waals surface area (Å²) in [6, 6.07) is 8.31. The van der Waals surface area contributed by atoms with E-state index >= 15 is 0 Å². The molecular weight excluding hydrogens is 298 g/mol. The molecule has 3 aromatic rings. The van der Waals surface area contributed by atoms with E-state index in [4.69, 9.17) is 4.74 Å². The third-order valence-electron chi connectivity index (χ3n) is 3.31. The van der Waals surface area contributed by atoms with Crippen LogP contribution in [0, 0.1) is 0 Å². The first-order valence-corrected chi connectivity index (χ1v) is 6.89. The normalized spacial score (nSPS) is 10.7. The Kier molecular flexibility index (Phi) is 3.76. The molecule has 0 aliphatic heterocycles. The van der Waals surface area contributed by atoms with Crippen LogP contribution in [0.25, 0.3) is 10.9 Å².